The summed E-state index contributed by atoms with van der Waals surface area (Å²) in [7, 11) is 0. The highest BCUT2D eigenvalue weighted by molar-refractivity contribution is 8.00. The molecule has 3 aromatic rings. The summed E-state index contributed by atoms with van der Waals surface area (Å²) in [4.78, 5) is 25.1. The molecule has 2 aromatic carbocycles. The molecule has 1 heterocycles. The van der Waals surface area contributed by atoms with Crippen molar-refractivity contribution in [3.05, 3.63) is 70.9 Å². The van der Waals surface area contributed by atoms with Crippen LogP contribution < -0.4 is 10.6 Å². The Morgan fingerprint density at radius 1 is 1.11 bits per heavy atom. The van der Waals surface area contributed by atoms with Gasteiger partial charge in [-0.3, -0.25) is 9.59 Å². The average Bonchev–Trinajstić information content (AvgIpc) is 3.05. The van der Waals surface area contributed by atoms with E-state index in [1.165, 1.54) is 11.8 Å². The van der Waals surface area contributed by atoms with E-state index >= 15 is 0 Å². The maximum absolute atomic E-state index is 12.3. The van der Waals surface area contributed by atoms with Crippen molar-refractivity contribution in [2.75, 3.05) is 16.4 Å². The molecule has 0 aliphatic rings. The van der Waals surface area contributed by atoms with Gasteiger partial charge in [-0.25, -0.2) is 0 Å². The molecule has 3 rings (SSSR count). The minimum atomic E-state index is -0.251. The van der Waals surface area contributed by atoms with E-state index in [0.717, 1.165) is 4.90 Å². The molecule has 0 aliphatic carbocycles. The second-order valence-corrected chi connectivity index (χ2v) is 7.14. The van der Waals surface area contributed by atoms with Crippen LogP contribution in [0.4, 0.5) is 11.5 Å². The minimum Gasteiger partial charge on any atom is -0.360 e. The van der Waals surface area contributed by atoms with Crippen LogP contribution in [0.1, 0.15) is 16.1 Å². The fraction of sp³-hybridized carbons (Fsp3) is 0.105. The van der Waals surface area contributed by atoms with Crippen molar-refractivity contribution in [3.8, 4) is 0 Å². The van der Waals surface area contributed by atoms with Gasteiger partial charge in [0.25, 0.3) is 5.91 Å². The van der Waals surface area contributed by atoms with E-state index in [0.29, 0.717) is 27.9 Å². The Labute approximate surface area is 165 Å². The zero-order chi connectivity index (χ0) is 19.2. The number of carbonyl (C=O) groups excluding carboxylic acids is 2. The van der Waals surface area contributed by atoms with Gasteiger partial charge in [0.2, 0.25) is 5.91 Å². The molecule has 0 fully saturated rings. The lowest BCUT2D eigenvalue weighted by molar-refractivity contribution is -0.113. The van der Waals surface area contributed by atoms with Gasteiger partial charge in [0, 0.05) is 27.2 Å². The third kappa shape index (κ3) is 5.60. The van der Waals surface area contributed by atoms with E-state index in [4.69, 9.17) is 16.1 Å². The minimum absolute atomic E-state index is 0.193. The number of benzene rings is 2. The van der Waals surface area contributed by atoms with Gasteiger partial charge in [0.1, 0.15) is 5.76 Å². The molecule has 2 amide bonds. The lowest BCUT2D eigenvalue weighted by Crippen LogP contribution is -2.14. The van der Waals surface area contributed by atoms with Gasteiger partial charge in [0.05, 0.1) is 5.75 Å². The SMILES string of the molecule is Cc1cc(NC(=O)CSc2cccc(NC(=O)c3cccc(Cl)c3)c2)no1. The Balaban J connectivity index is 1.57. The number of nitrogens with zero attached hydrogens (tertiary/aromatic N) is 1. The molecule has 2 N–H and O–H groups in total. The zero-order valence-corrected chi connectivity index (χ0v) is 15.9. The van der Waals surface area contributed by atoms with Crippen LogP contribution in [-0.2, 0) is 4.79 Å². The van der Waals surface area contributed by atoms with Crippen molar-refractivity contribution in [1.29, 1.82) is 0 Å². The number of thioether (sulfide) groups is 1. The third-order valence-corrected chi connectivity index (χ3v) is 4.67. The molecule has 0 atom stereocenters. The standard InChI is InChI=1S/C19H16ClN3O3S/c1-12-8-17(23-26-12)22-18(24)11-27-16-7-3-6-15(10-16)21-19(25)13-4-2-5-14(20)9-13/h2-10H,11H2,1H3,(H,21,25)(H,22,23,24). The number of carbonyl (C=O) groups is 2. The number of rotatable bonds is 6. The number of hydrogen-bond acceptors (Lipinski definition) is 5. The summed E-state index contributed by atoms with van der Waals surface area (Å²) < 4.78 is 4.90. The van der Waals surface area contributed by atoms with Gasteiger partial charge in [-0.2, -0.15) is 0 Å². The molecule has 0 radical (unpaired) electrons. The summed E-state index contributed by atoms with van der Waals surface area (Å²) in [5, 5.41) is 9.70. The Morgan fingerprint density at radius 2 is 1.93 bits per heavy atom. The Bertz CT molecular complexity index is 974. The van der Waals surface area contributed by atoms with E-state index in [2.05, 4.69) is 15.8 Å². The summed E-state index contributed by atoms with van der Waals surface area (Å²) in [6.07, 6.45) is 0. The smallest absolute Gasteiger partial charge is 0.255 e. The van der Waals surface area contributed by atoms with Gasteiger partial charge in [-0.1, -0.05) is 28.9 Å². The largest absolute Gasteiger partial charge is 0.360 e. The van der Waals surface area contributed by atoms with Crippen molar-refractivity contribution >= 4 is 46.7 Å². The summed E-state index contributed by atoms with van der Waals surface area (Å²) in [6, 6.07) is 15.6. The van der Waals surface area contributed by atoms with Gasteiger partial charge in [-0.15, -0.1) is 11.8 Å². The number of amides is 2. The number of halogens is 1. The first-order valence-corrected chi connectivity index (χ1v) is 9.39. The molecule has 138 valence electrons. The molecule has 6 nitrogen and oxygen atoms in total. The summed E-state index contributed by atoms with van der Waals surface area (Å²) in [5.41, 5.74) is 1.11. The molecule has 0 saturated carbocycles. The fourth-order valence-electron chi connectivity index (χ4n) is 2.25. The maximum Gasteiger partial charge on any atom is 0.255 e. The summed E-state index contributed by atoms with van der Waals surface area (Å²) >= 11 is 7.27. The van der Waals surface area contributed by atoms with Gasteiger partial charge in [-0.05, 0) is 43.3 Å². The van der Waals surface area contributed by atoms with Crippen LogP contribution in [0.5, 0.6) is 0 Å². The number of hydrogen-bond donors (Lipinski definition) is 2. The van der Waals surface area contributed by atoms with Gasteiger partial charge < -0.3 is 15.2 Å². The predicted molar refractivity (Wildman–Crippen MR) is 106 cm³/mol. The molecular weight excluding hydrogens is 386 g/mol. The van der Waals surface area contributed by atoms with Gasteiger partial charge >= 0.3 is 0 Å². The first kappa shape index (κ1) is 19.0. The topological polar surface area (TPSA) is 84.2 Å². The normalized spacial score (nSPS) is 10.4. The highest BCUT2D eigenvalue weighted by Crippen LogP contribution is 2.22. The third-order valence-electron chi connectivity index (χ3n) is 3.44. The van der Waals surface area contributed by atoms with Crippen molar-refractivity contribution in [1.82, 2.24) is 5.16 Å². The first-order valence-electron chi connectivity index (χ1n) is 8.02. The molecule has 0 spiro atoms. The second-order valence-electron chi connectivity index (χ2n) is 5.65. The van der Waals surface area contributed by atoms with Crippen LogP contribution in [0, 0.1) is 6.92 Å². The molecule has 0 unspecified atom stereocenters. The number of anilines is 2. The van der Waals surface area contributed by atoms with E-state index in [-0.39, 0.29) is 17.6 Å². The molecular formula is C19H16ClN3O3S. The van der Waals surface area contributed by atoms with E-state index in [1.807, 2.05) is 12.1 Å². The Hall–Kier alpha value is -2.77. The molecule has 0 bridgehead atoms. The second kappa shape index (κ2) is 8.75. The number of aromatic nitrogens is 1. The summed E-state index contributed by atoms with van der Waals surface area (Å²) in [6.45, 7) is 1.75. The highest BCUT2D eigenvalue weighted by Gasteiger charge is 2.09. The molecule has 8 heteroatoms. The average molecular weight is 402 g/mol. The predicted octanol–water partition coefficient (Wildman–Crippen LogP) is 4.62. The monoisotopic (exact) mass is 401 g/mol. The molecule has 27 heavy (non-hydrogen) atoms. The van der Waals surface area contributed by atoms with Crippen molar-refractivity contribution in [3.63, 3.8) is 0 Å². The molecule has 0 aliphatic heterocycles. The quantitative estimate of drug-likeness (QED) is 0.589. The maximum atomic E-state index is 12.3. The van der Waals surface area contributed by atoms with E-state index < -0.39 is 0 Å². The van der Waals surface area contributed by atoms with Gasteiger partial charge in [0.15, 0.2) is 5.82 Å². The Kier molecular flexibility index (Phi) is 6.16. The summed E-state index contributed by atoms with van der Waals surface area (Å²) in [5.74, 6) is 0.777. The molecule has 1 aromatic heterocycles. The van der Waals surface area contributed by atoms with Crippen LogP contribution in [0.3, 0.4) is 0 Å². The lowest BCUT2D eigenvalue weighted by Gasteiger charge is -2.08. The first-order chi connectivity index (χ1) is 13.0. The van der Waals surface area contributed by atoms with Crippen LogP contribution in [0.15, 0.2) is 64.0 Å². The van der Waals surface area contributed by atoms with Crippen molar-refractivity contribution < 1.29 is 14.1 Å². The van der Waals surface area contributed by atoms with Crippen molar-refractivity contribution in [2.24, 2.45) is 0 Å². The lowest BCUT2D eigenvalue weighted by atomic mass is 10.2. The van der Waals surface area contributed by atoms with Crippen molar-refractivity contribution in [2.45, 2.75) is 11.8 Å². The van der Waals surface area contributed by atoms with Crippen LogP contribution in [0.25, 0.3) is 0 Å². The van der Waals surface area contributed by atoms with Crippen LogP contribution in [0.2, 0.25) is 5.02 Å². The van der Waals surface area contributed by atoms with Crippen LogP contribution in [-0.4, -0.2) is 22.7 Å². The van der Waals surface area contributed by atoms with E-state index in [9.17, 15) is 9.59 Å². The fourth-order valence-corrected chi connectivity index (χ4v) is 3.20. The highest BCUT2D eigenvalue weighted by atomic mass is 35.5. The molecule has 0 saturated heterocycles. The number of nitrogens with one attached hydrogen (secondary N) is 2. The number of aryl methyl sites for hydroxylation is 1. The zero-order valence-electron chi connectivity index (χ0n) is 14.4. The van der Waals surface area contributed by atoms with Crippen LogP contribution >= 0.6 is 23.4 Å². The Morgan fingerprint density at radius 3 is 2.67 bits per heavy atom. The van der Waals surface area contributed by atoms with E-state index in [1.54, 1.807) is 49.4 Å².